The van der Waals surface area contributed by atoms with E-state index in [1.807, 2.05) is 0 Å². The zero-order valence-electron chi connectivity index (χ0n) is 4.71. The minimum Gasteiger partial charge on any atom is -0.326 e. The van der Waals surface area contributed by atoms with Crippen molar-refractivity contribution in [2.75, 3.05) is 13.1 Å². The normalized spacial score (nSPS) is 31.5. The Bertz CT molecular complexity index is 77.7. The second kappa shape index (κ2) is 2.41. The van der Waals surface area contributed by atoms with Crippen LogP contribution in [-0.2, 0) is 4.94 Å². The second-order valence-corrected chi connectivity index (χ2v) is 2.04. The van der Waals surface area contributed by atoms with Crippen molar-refractivity contribution in [1.29, 1.82) is 0 Å². The maximum atomic E-state index is 5.52. The van der Waals surface area contributed by atoms with Gasteiger partial charge in [-0.15, -0.1) is 0 Å². The minimum absolute atomic E-state index is 0.249. The van der Waals surface area contributed by atoms with Crippen molar-refractivity contribution in [3.63, 3.8) is 0 Å². The lowest BCUT2D eigenvalue weighted by molar-refractivity contribution is -0.147. The van der Waals surface area contributed by atoms with Crippen LogP contribution in [0.2, 0.25) is 0 Å². The van der Waals surface area contributed by atoms with E-state index >= 15 is 0 Å². The smallest absolute Gasteiger partial charge is 0.0411 e. The number of nitrogens with zero attached hydrogens (tertiary/aromatic N) is 1. The molecule has 48 valence electrons. The first kappa shape index (κ1) is 5.97. The molecule has 1 fully saturated rings. The molecule has 0 aromatic carbocycles. The van der Waals surface area contributed by atoms with Gasteiger partial charge in [0.15, 0.2) is 0 Å². The van der Waals surface area contributed by atoms with Crippen LogP contribution in [-0.4, -0.2) is 24.2 Å². The fourth-order valence-corrected chi connectivity index (χ4v) is 0.850. The summed E-state index contributed by atoms with van der Waals surface area (Å²) in [7, 11) is 0. The van der Waals surface area contributed by atoms with E-state index in [1.165, 1.54) is 0 Å². The highest BCUT2D eigenvalue weighted by Gasteiger charge is 2.18. The highest BCUT2D eigenvalue weighted by molar-refractivity contribution is 4.72. The van der Waals surface area contributed by atoms with E-state index in [0.29, 0.717) is 0 Å². The first-order chi connectivity index (χ1) is 3.83. The van der Waals surface area contributed by atoms with Crippen LogP contribution in [0.15, 0.2) is 0 Å². The van der Waals surface area contributed by atoms with Gasteiger partial charge in [0.2, 0.25) is 0 Å². The zero-order chi connectivity index (χ0) is 5.98. The van der Waals surface area contributed by atoms with Crippen molar-refractivity contribution in [2.24, 2.45) is 11.6 Å². The Kier molecular flexibility index (Phi) is 1.80. The number of hydroxylamine groups is 2. The summed E-state index contributed by atoms with van der Waals surface area (Å²) in [6.07, 6.45) is 0.983. The van der Waals surface area contributed by atoms with Crippen LogP contribution in [0.3, 0.4) is 0 Å². The Morgan fingerprint density at radius 2 is 2.38 bits per heavy atom. The van der Waals surface area contributed by atoms with E-state index in [4.69, 9.17) is 11.6 Å². The molecule has 4 nitrogen and oxygen atoms in total. The standard InChI is InChI=1S/C4H11N3O/c5-4-1-2-7(3-4)8-6/h4H,1-3,5-6H2. The molecule has 4 heteroatoms. The van der Waals surface area contributed by atoms with Gasteiger partial charge in [-0.2, -0.15) is 11.0 Å². The molecule has 0 aliphatic carbocycles. The van der Waals surface area contributed by atoms with Crippen molar-refractivity contribution in [2.45, 2.75) is 12.5 Å². The minimum atomic E-state index is 0.249. The lowest BCUT2D eigenvalue weighted by Gasteiger charge is -2.08. The van der Waals surface area contributed by atoms with Crippen LogP contribution in [0.25, 0.3) is 0 Å². The lowest BCUT2D eigenvalue weighted by atomic mass is 10.3. The van der Waals surface area contributed by atoms with Crippen molar-refractivity contribution in [1.82, 2.24) is 5.06 Å². The number of nitrogens with two attached hydrogens (primary N) is 2. The Labute approximate surface area is 48.3 Å². The molecule has 0 spiro atoms. The van der Waals surface area contributed by atoms with Gasteiger partial charge >= 0.3 is 0 Å². The monoisotopic (exact) mass is 117 g/mol. The van der Waals surface area contributed by atoms with Gasteiger partial charge in [0.25, 0.3) is 0 Å². The van der Waals surface area contributed by atoms with Crippen LogP contribution >= 0.6 is 0 Å². The molecular weight excluding hydrogens is 106 g/mol. The van der Waals surface area contributed by atoms with Gasteiger partial charge in [-0.1, -0.05) is 0 Å². The molecule has 0 bridgehead atoms. The molecule has 8 heavy (non-hydrogen) atoms. The number of hydrogen-bond donors (Lipinski definition) is 2. The topological polar surface area (TPSA) is 64.5 Å². The van der Waals surface area contributed by atoms with Gasteiger partial charge in [-0.05, 0) is 6.42 Å². The van der Waals surface area contributed by atoms with Crippen molar-refractivity contribution in [3.8, 4) is 0 Å². The summed E-state index contributed by atoms with van der Waals surface area (Å²) >= 11 is 0. The second-order valence-electron chi connectivity index (χ2n) is 2.04. The maximum Gasteiger partial charge on any atom is 0.0411 e. The third kappa shape index (κ3) is 1.16. The summed E-state index contributed by atoms with van der Waals surface area (Å²) in [4.78, 5) is 4.43. The summed E-state index contributed by atoms with van der Waals surface area (Å²) in [6.45, 7) is 1.62. The fraction of sp³-hybridized carbons (Fsp3) is 1.00. The highest BCUT2D eigenvalue weighted by Crippen LogP contribution is 2.03. The Balaban J connectivity index is 2.22. The number of rotatable bonds is 1. The highest BCUT2D eigenvalue weighted by atomic mass is 16.8. The zero-order valence-corrected chi connectivity index (χ0v) is 4.71. The van der Waals surface area contributed by atoms with Gasteiger partial charge in [0, 0.05) is 19.1 Å². The van der Waals surface area contributed by atoms with Crippen LogP contribution in [0.1, 0.15) is 6.42 Å². The predicted octanol–water partition coefficient (Wildman–Crippen LogP) is -1.18. The third-order valence-electron chi connectivity index (χ3n) is 1.34. The molecule has 0 radical (unpaired) electrons. The van der Waals surface area contributed by atoms with E-state index in [0.717, 1.165) is 19.5 Å². The van der Waals surface area contributed by atoms with Gasteiger partial charge in [0.1, 0.15) is 0 Å². The summed E-state index contributed by atoms with van der Waals surface area (Å²) in [5.74, 6) is 4.87. The first-order valence-electron chi connectivity index (χ1n) is 2.70. The summed E-state index contributed by atoms with van der Waals surface area (Å²) in [6, 6.07) is 0.249. The van der Waals surface area contributed by atoms with Gasteiger partial charge in [-0.25, -0.2) is 4.94 Å². The summed E-state index contributed by atoms with van der Waals surface area (Å²) < 4.78 is 0. The number of hydrogen-bond acceptors (Lipinski definition) is 4. The molecule has 1 aliphatic rings. The van der Waals surface area contributed by atoms with E-state index in [9.17, 15) is 0 Å². The third-order valence-corrected chi connectivity index (χ3v) is 1.34. The molecule has 1 atom stereocenters. The van der Waals surface area contributed by atoms with Gasteiger partial charge in [-0.3, -0.25) is 0 Å². The fourth-order valence-electron chi connectivity index (χ4n) is 0.850. The lowest BCUT2D eigenvalue weighted by Crippen LogP contribution is -2.28. The molecule has 0 saturated carbocycles. The molecule has 4 N–H and O–H groups in total. The molecule has 0 aromatic rings. The summed E-state index contributed by atoms with van der Waals surface area (Å²) in [5.41, 5.74) is 5.52. The van der Waals surface area contributed by atoms with Gasteiger partial charge < -0.3 is 5.73 Å². The Morgan fingerprint density at radius 3 is 2.62 bits per heavy atom. The first-order valence-corrected chi connectivity index (χ1v) is 2.70. The SMILES string of the molecule is NON1CCC(N)C1. The average Bonchev–Trinajstić information content (AvgIpc) is 2.14. The molecule has 1 aliphatic heterocycles. The molecule has 1 rings (SSSR count). The van der Waals surface area contributed by atoms with Crippen LogP contribution in [0, 0.1) is 0 Å². The van der Waals surface area contributed by atoms with Crippen LogP contribution < -0.4 is 11.6 Å². The van der Waals surface area contributed by atoms with Crippen molar-refractivity contribution >= 4 is 0 Å². The van der Waals surface area contributed by atoms with Crippen molar-refractivity contribution in [3.05, 3.63) is 0 Å². The molecule has 1 unspecified atom stereocenters. The van der Waals surface area contributed by atoms with Crippen LogP contribution in [0.4, 0.5) is 0 Å². The molecule has 0 amide bonds. The van der Waals surface area contributed by atoms with Crippen LogP contribution in [0.5, 0.6) is 0 Å². The molecule has 1 saturated heterocycles. The van der Waals surface area contributed by atoms with E-state index in [-0.39, 0.29) is 6.04 Å². The van der Waals surface area contributed by atoms with E-state index < -0.39 is 0 Å². The summed E-state index contributed by atoms with van der Waals surface area (Å²) in [5, 5.41) is 1.66. The Hall–Kier alpha value is -0.160. The maximum absolute atomic E-state index is 5.52. The van der Waals surface area contributed by atoms with Gasteiger partial charge in [0.05, 0.1) is 0 Å². The Morgan fingerprint density at radius 1 is 1.62 bits per heavy atom. The van der Waals surface area contributed by atoms with E-state index in [2.05, 4.69) is 4.94 Å². The molecule has 1 heterocycles. The quantitative estimate of drug-likeness (QED) is 0.424. The largest absolute Gasteiger partial charge is 0.326 e. The average molecular weight is 117 g/mol. The molecule has 0 aromatic heterocycles. The van der Waals surface area contributed by atoms with E-state index in [1.54, 1.807) is 5.06 Å². The predicted molar refractivity (Wildman–Crippen MR) is 29.4 cm³/mol. The molecular formula is C4H11N3O. The van der Waals surface area contributed by atoms with Crippen molar-refractivity contribution < 1.29 is 4.94 Å².